The van der Waals surface area contributed by atoms with Crippen LogP contribution in [0.1, 0.15) is 19.8 Å². The lowest BCUT2D eigenvalue weighted by atomic mass is 10.2. The van der Waals surface area contributed by atoms with Crippen LogP contribution in [-0.4, -0.2) is 18.0 Å². The van der Waals surface area contributed by atoms with E-state index in [2.05, 4.69) is 10.6 Å². The predicted octanol–water partition coefficient (Wildman–Crippen LogP) is 1.24. The minimum atomic E-state index is -0.622. The lowest BCUT2D eigenvalue weighted by Gasteiger charge is -2.08. The molecule has 0 aliphatic heterocycles. The van der Waals surface area contributed by atoms with Crippen LogP contribution in [0.4, 0.5) is 16.2 Å². The van der Waals surface area contributed by atoms with E-state index in [1.54, 1.807) is 24.3 Å². The zero-order valence-electron chi connectivity index (χ0n) is 10.3. The number of nitrogens with one attached hydrogen (secondary N) is 2. The maximum absolute atomic E-state index is 11.5. The van der Waals surface area contributed by atoms with Gasteiger partial charge in [-0.25, -0.2) is 4.79 Å². The van der Waals surface area contributed by atoms with E-state index in [-0.39, 0.29) is 11.9 Å². The van der Waals surface area contributed by atoms with E-state index in [1.165, 1.54) is 0 Å². The van der Waals surface area contributed by atoms with Gasteiger partial charge in [-0.15, -0.1) is 0 Å². The largest absolute Gasteiger partial charge is 0.351 e. The summed E-state index contributed by atoms with van der Waals surface area (Å²) >= 11 is 0. The molecule has 0 saturated heterocycles. The third-order valence-electron chi connectivity index (χ3n) is 2.26. The van der Waals surface area contributed by atoms with Crippen LogP contribution in [0.3, 0.4) is 0 Å². The van der Waals surface area contributed by atoms with E-state index in [0.717, 1.165) is 0 Å². The average molecular weight is 250 g/mol. The van der Waals surface area contributed by atoms with Crippen molar-refractivity contribution in [2.45, 2.75) is 25.8 Å². The van der Waals surface area contributed by atoms with Crippen molar-refractivity contribution < 1.29 is 9.59 Å². The van der Waals surface area contributed by atoms with Gasteiger partial charge < -0.3 is 22.1 Å². The molecular weight excluding hydrogens is 232 g/mol. The molecule has 1 rings (SSSR count). The van der Waals surface area contributed by atoms with Crippen LogP contribution in [0.2, 0.25) is 0 Å². The molecule has 0 bridgehead atoms. The molecule has 0 heterocycles. The van der Waals surface area contributed by atoms with Gasteiger partial charge >= 0.3 is 6.03 Å². The summed E-state index contributed by atoms with van der Waals surface area (Å²) in [4.78, 5) is 22.1. The van der Waals surface area contributed by atoms with E-state index >= 15 is 0 Å². The first kappa shape index (κ1) is 14.0. The molecule has 6 heteroatoms. The van der Waals surface area contributed by atoms with Gasteiger partial charge in [0.25, 0.3) is 0 Å². The minimum Gasteiger partial charge on any atom is -0.351 e. The first-order valence-electron chi connectivity index (χ1n) is 5.69. The first-order chi connectivity index (χ1) is 8.47. The Bertz CT molecular complexity index is 415. The van der Waals surface area contributed by atoms with Crippen molar-refractivity contribution in [1.82, 2.24) is 0 Å². The highest BCUT2D eigenvalue weighted by Crippen LogP contribution is 2.13. The molecule has 1 aromatic rings. The van der Waals surface area contributed by atoms with Crippen molar-refractivity contribution in [3.05, 3.63) is 24.3 Å². The molecule has 0 aliphatic carbocycles. The fraction of sp³-hybridized carbons (Fsp3) is 0.333. The topological polar surface area (TPSA) is 110 Å². The molecule has 6 nitrogen and oxygen atoms in total. The second-order valence-corrected chi connectivity index (χ2v) is 4.13. The van der Waals surface area contributed by atoms with Crippen LogP contribution in [0.5, 0.6) is 0 Å². The normalized spacial score (nSPS) is 11.7. The molecule has 3 amide bonds. The number of rotatable bonds is 5. The Morgan fingerprint density at radius 2 is 1.67 bits per heavy atom. The van der Waals surface area contributed by atoms with Crippen LogP contribution < -0.4 is 22.1 Å². The Kier molecular flexibility index (Phi) is 5.13. The second-order valence-electron chi connectivity index (χ2n) is 4.13. The molecule has 0 aliphatic rings. The molecule has 0 aromatic heterocycles. The van der Waals surface area contributed by atoms with Crippen molar-refractivity contribution >= 4 is 23.3 Å². The molecule has 0 spiro atoms. The van der Waals surface area contributed by atoms with E-state index < -0.39 is 6.03 Å². The fourth-order valence-corrected chi connectivity index (χ4v) is 1.36. The van der Waals surface area contributed by atoms with Gasteiger partial charge in [0.2, 0.25) is 5.91 Å². The highest BCUT2D eigenvalue weighted by molar-refractivity contribution is 5.91. The minimum absolute atomic E-state index is 0.0119. The van der Waals surface area contributed by atoms with Crippen molar-refractivity contribution in [3.63, 3.8) is 0 Å². The zero-order valence-corrected chi connectivity index (χ0v) is 10.3. The summed E-state index contributed by atoms with van der Waals surface area (Å²) < 4.78 is 0. The number of carbonyl (C=O) groups excluding carboxylic acids is 2. The summed E-state index contributed by atoms with van der Waals surface area (Å²) in [5.74, 6) is -0.0806. The van der Waals surface area contributed by atoms with Gasteiger partial charge in [0.05, 0.1) is 0 Å². The molecule has 0 saturated carbocycles. The molecule has 6 N–H and O–H groups in total. The SMILES string of the molecule is CC(N)CCC(=O)Nc1ccc(NC(N)=O)cc1. The summed E-state index contributed by atoms with van der Waals surface area (Å²) in [7, 11) is 0. The molecule has 1 aromatic carbocycles. The van der Waals surface area contributed by atoms with Crippen molar-refractivity contribution in [2.75, 3.05) is 10.6 Å². The average Bonchev–Trinajstić information content (AvgIpc) is 2.28. The van der Waals surface area contributed by atoms with Gasteiger partial charge in [-0.2, -0.15) is 0 Å². The number of primary amides is 1. The van der Waals surface area contributed by atoms with Crippen molar-refractivity contribution in [2.24, 2.45) is 11.5 Å². The van der Waals surface area contributed by atoms with E-state index in [0.29, 0.717) is 24.2 Å². The Morgan fingerprint density at radius 1 is 1.17 bits per heavy atom. The van der Waals surface area contributed by atoms with E-state index in [1.807, 2.05) is 6.92 Å². The second kappa shape index (κ2) is 6.61. The Labute approximate surface area is 106 Å². The molecule has 18 heavy (non-hydrogen) atoms. The van der Waals surface area contributed by atoms with Gasteiger partial charge in [0.1, 0.15) is 0 Å². The van der Waals surface area contributed by atoms with Crippen LogP contribution in [-0.2, 0) is 4.79 Å². The third-order valence-corrected chi connectivity index (χ3v) is 2.26. The molecule has 1 unspecified atom stereocenters. The van der Waals surface area contributed by atoms with E-state index in [9.17, 15) is 9.59 Å². The van der Waals surface area contributed by atoms with Crippen molar-refractivity contribution in [1.29, 1.82) is 0 Å². The smallest absolute Gasteiger partial charge is 0.316 e. The lowest BCUT2D eigenvalue weighted by molar-refractivity contribution is -0.116. The van der Waals surface area contributed by atoms with Gasteiger partial charge in [-0.1, -0.05) is 0 Å². The number of hydrogen-bond donors (Lipinski definition) is 4. The van der Waals surface area contributed by atoms with Crippen LogP contribution in [0.15, 0.2) is 24.3 Å². The monoisotopic (exact) mass is 250 g/mol. The number of urea groups is 1. The summed E-state index contributed by atoms with van der Waals surface area (Å²) in [6.45, 7) is 1.86. The number of hydrogen-bond acceptors (Lipinski definition) is 3. The van der Waals surface area contributed by atoms with Gasteiger partial charge in [-0.3, -0.25) is 4.79 Å². The quantitative estimate of drug-likeness (QED) is 0.631. The first-order valence-corrected chi connectivity index (χ1v) is 5.69. The van der Waals surface area contributed by atoms with Crippen molar-refractivity contribution in [3.8, 4) is 0 Å². The third kappa shape index (κ3) is 5.31. The molecule has 1 atom stereocenters. The number of amides is 3. The summed E-state index contributed by atoms with van der Waals surface area (Å²) in [6.07, 6.45) is 1.03. The Hall–Kier alpha value is -2.08. The standard InChI is InChI=1S/C12H18N4O2/c1-8(13)2-7-11(17)15-9-3-5-10(6-4-9)16-12(14)18/h3-6,8H,2,7,13H2,1H3,(H,15,17)(H3,14,16,18). The highest BCUT2D eigenvalue weighted by atomic mass is 16.2. The summed E-state index contributed by atoms with van der Waals surface area (Å²) in [6, 6.07) is 6.09. The lowest BCUT2D eigenvalue weighted by Crippen LogP contribution is -2.20. The molecule has 0 radical (unpaired) electrons. The van der Waals surface area contributed by atoms with Crippen LogP contribution in [0, 0.1) is 0 Å². The highest BCUT2D eigenvalue weighted by Gasteiger charge is 2.04. The summed E-state index contributed by atoms with van der Waals surface area (Å²) in [5, 5.41) is 5.17. The van der Waals surface area contributed by atoms with Gasteiger partial charge in [0.15, 0.2) is 0 Å². The number of anilines is 2. The van der Waals surface area contributed by atoms with Gasteiger partial charge in [0, 0.05) is 23.8 Å². The zero-order chi connectivity index (χ0) is 13.5. The number of nitrogens with two attached hydrogens (primary N) is 2. The van der Waals surface area contributed by atoms with Gasteiger partial charge in [-0.05, 0) is 37.6 Å². The number of carbonyl (C=O) groups is 2. The fourth-order valence-electron chi connectivity index (χ4n) is 1.36. The predicted molar refractivity (Wildman–Crippen MR) is 71.2 cm³/mol. The molecule has 98 valence electrons. The van der Waals surface area contributed by atoms with E-state index in [4.69, 9.17) is 11.5 Å². The van der Waals surface area contributed by atoms with Crippen LogP contribution in [0.25, 0.3) is 0 Å². The van der Waals surface area contributed by atoms with Crippen LogP contribution >= 0.6 is 0 Å². The summed E-state index contributed by atoms with van der Waals surface area (Å²) in [5.41, 5.74) is 11.8. The maximum atomic E-state index is 11.5. The number of benzene rings is 1. The maximum Gasteiger partial charge on any atom is 0.316 e. The Balaban J connectivity index is 2.48. The molecular formula is C12H18N4O2. The Morgan fingerprint density at radius 3 is 2.11 bits per heavy atom. The molecule has 0 fully saturated rings.